The lowest BCUT2D eigenvalue weighted by molar-refractivity contribution is -0.112. The van der Waals surface area contributed by atoms with Gasteiger partial charge in [-0.3, -0.25) is 14.9 Å². The molecule has 4 aromatic rings. The predicted octanol–water partition coefficient (Wildman–Crippen LogP) is 6.20. The van der Waals surface area contributed by atoms with Crippen LogP contribution in [0, 0.1) is 20.8 Å². The van der Waals surface area contributed by atoms with Gasteiger partial charge >= 0.3 is 0 Å². The summed E-state index contributed by atoms with van der Waals surface area (Å²) in [7, 11) is 0. The molecule has 0 radical (unpaired) electrons. The van der Waals surface area contributed by atoms with E-state index in [2.05, 4.69) is 10.3 Å². The number of amides is 1. The monoisotopic (exact) mass is 471 g/mol. The summed E-state index contributed by atoms with van der Waals surface area (Å²) < 4.78 is 1.92. The van der Waals surface area contributed by atoms with Crippen LogP contribution in [0.25, 0.3) is 10.9 Å². The maximum Gasteiger partial charge on any atom is 0.298 e. The molecule has 158 valence electrons. The topological polar surface area (TPSA) is 64.0 Å². The second-order valence-corrected chi connectivity index (χ2v) is 9.42. The van der Waals surface area contributed by atoms with Crippen molar-refractivity contribution in [2.24, 2.45) is 0 Å². The maximum atomic E-state index is 13.1. The number of anilines is 1. The Bertz CT molecular complexity index is 1320. The summed E-state index contributed by atoms with van der Waals surface area (Å²) in [5.41, 5.74) is 3.87. The molecule has 1 amide bonds. The number of thiazole rings is 1. The quantitative estimate of drug-likeness (QED) is 0.278. The summed E-state index contributed by atoms with van der Waals surface area (Å²) >= 11 is 13.7. The number of nitrogens with zero attached hydrogens (tertiary/aromatic N) is 2. The van der Waals surface area contributed by atoms with Gasteiger partial charge in [-0.2, -0.15) is 0 Å². The van der Waals surface area contributed by atoms with Gasteiger partial charge in [-0.05, 0) is 50.6 Å². The third-order valence-electron chi connectivity index (χ3n) is 5.09. The molecule has 0 fully saturated rings. The van der Waals surface area contributed by atoms with Crippen molar-refractivity contribution in [3.8, 4) is 0 Å². The first-order chi connectivity index (χ1) is 14.7. The Morgan fingerprint density at radius 1 is 1.10 bits per heavy atom. The lowest BCUT2D eigenvalue weighted by Crippen LogP contribution is -2.22. The molecule has 0 bridgehead atoms. The number of Topliss-reactive ketones (excluding diaryl/α,β-unsaturated/α-hetero) is 1. The highest BCUT2D eigenvalue weighted by Gasteiger charge is 2.23. The number of rotatable bonds is 5. The third kappa shape index (κ3) is 4.37. The molecule has 0 unspecified atom stereocenters. The largest absolute Gasteiger partial charge is 0.342 e. The van der Waals surface area contributed by atoms with Crippen molar-refractivity contribution in [3.63, 3.8) is 0 Å². The molecule has 2 aromatic heterocycles. The standard InChI is InChI=1S/C23H19Cl2N3O2S/c1-12-4-7-20-17(8-12)18(11-28(20)10-15-5-6-16(24)9-19(15)25)21(29)22(30)27-23-26-13(2)14(3)31-23/h4-9,11H,10H2,1-3H3,(H,26,27,30). The maximum absolute atomic E-state index is 13.1. The molecule has 0 spiro atoms. The van der Waals surface area contributed by atoms with Crippen LogP contribution in [0.4, 0.5) is 5.13 Å². The number of benzene rings is 2. The van der Waals surface area contributed by atoms with E-state index < -0.39 is 11.7 Å². The molecule has 0 aliphatic carbocycles. The third-order valence-corrected chi connectivity index (χ3v) is 6.67. The zero-order chi connectivity index (χ0) is 22.3. The van der Waals surface area contributed by atoms with E-state index in [-0.39, 0.29) is 0 Å². The molecule has 2 aromatic carbocycles. The number of carbonyl (C=O) groups excluding carboxylic acids is 2. The van der Waals surface area contributed by atoms with Crippen LogP contribution in [-0.2, 0) is 11.3 Å². The second kappa shape index (κ2) is 8.46. The molecule has 0 aliphatic rings. The number of aryl methyl sites for hydroxylation is 3. The van der Waals surface area contributed by atoms with Crippen molar-refractivity contribution < 1.29 is 9.59 Å². The van der Waals surface area contributed by atoms with Crippen LogP contribution in [0.15, 0.2) is 42.6 Å². The Labute approximate surface area is 193 Å². The molecule has 8 heteroatoms. The van der Waals surface area contributed by atoms with E-state index in [0.717, 1.165) is 32.6 Å². The van der Waals surface area contributed by atoms with Crippen LogP contribution in [0.2, 0.25) is 10.0 Å². The first-order valence-corrected chi connectivity index (χ1v) is 11.1. The zero-order valence-electron chi connectivity index (χ0n) is 17.1. The lowest BCUT2D eigenvalue weighted by Gasteiger charge is -2.08. The molecule has 1 N–H and O–H groups in total. The summed E-state index contributed by atoms with van der Waals surface area (Å²) in [5.74, 6) is -1.32. The Kier molecular flexibility index (Phi) is 5.88. The fourth-order valence-corrected chi connectivity index (χ4v) is 4.64. The molecule has 0 atom stereocenters. The number of hydrogen-bond donors (Lipinski definition) is 1. The van der Waals surface area contributed by atoms with Crippen LogP contribution in [-0.4, -0.2) is 21.2 Å². The molecule has 0 aliphatic heterocycles. The van der Waals surface area contributed by atoms with Gasteiger partial charge in [-0.1, -0.05) is 40.9 Å². The van der Waals surface area contributed by atoms with Gasteiger partial charge in [0, 0.05) is 38.6 Å². The Balaban J connectivity index is 1.70. The van der Waals surface area contributed by atoms with Gasteiger partial charge < -0.3 is 4.57 Å². The van der Waals surface area contributed by atoms with Gasteiger partial charge in [-0.15, -0.1) is 11.3 Å². The second-order valence-electron chi connectivity index (χ2n) is 7.37. The molecular weight excluding hydrogens is 453 g/mol. The van der Waals surface area contributed by atoms with E-state index in [1.807, 2.05) is 49.6 Å². The van der Waals surface area contributed by atoms with Crippen LogP contribution in [0.1, 0.15) is 32.1 Å². The molecular formula is C23H19Cl2N3O2S. The van der Waals surface area contributed by atoms with Crippen molar-refractivity contribution in [1.29, 1.82) is 0 Å². The summed E-state index contributed by atoms with van der Waals surface area (Å²) in [6, 6.07) is 11.1. The van der Waals surface area contributed by atoms with Crippen molar-refractivity contribution in [2.45, 2.75) is 27.3 Å². The Morgan fingerprint density at radius 3 is 2.55 bits per heavy atom. The Hall–Kier alpha value is -2.67. The number of nitrogens with one attached hydrogen (secondary N) is 1. The van der Waals surface area contributed by atoms with Crippen LogP contribution in [0.3, 0.4) is 0 Å². The molecule has 31 heavy (non-hydrogen) atoms. The highest BCUT2D eigenvalue weighted by Crippen LogP contribution is 2.28. The molecule has 2 heterocycles. The van der Waals surface area contributed by atoms with E-state index in [9.17, 15) is 9.59 Å². The van der Waals surface area contributed by atoms with Crippen molar-refractivity contribution >= 4 is 62.3 Å². The summed E-state index contributed by atoms with van der Waals surface area (Å²) in [6.07, 6.45) is 1.70. The number of fused-ring (bicyclic) bond motifs is 1. The van der Waals surface area contributed by atoms with E-state index in [1.165, 1.54) is 11.3 Å². The van der Waals surface area contributed by atoms with E-state index in [1.54, 1.807) is 18.3 Å². The van der Waals surface area contributed by atoms with Gasteiger partial charge in [0.25, 0.3) is 11.7 Å². The van der Waals surface area contributed by atoms with Gasteiger partial charge in [0.05, 0.1) is 11.3 Å². The van der Waals surface area contributed by atoms with Gasteiger partial charge in [-0.25, -0.2) is 4.98 Å². The SMILES string of the molecule is Cc1ccc2c(c1)c(C(=O)C(=O)Nc1nc(C)c(C)s1)cn2Cc1ccc(Cl)cc1Cl. The Morgan fingerprint density at radius 2 is 1.87 bits per heavy atom. The first kappa shape index (κ1) is 21.6. The number of carbonyl (C=O) groups is 2. The lowest BCUT2D eigenvalue weighted by atomic mass is 10.1. The molecule has 4 rings (SSSR count). The van der Waals surface area contributed by atoms with Gasteiger partial charge in [0.1, 0.15) is 0 Å². The van der Waals surface area contributed by atoms with E-state index >= 15 is 0 Å². The minimum absolute atomic E-state index is 0.339. The van der Waals surface area contributed by atoms with Gasteiger partial charge in [0.2, 0.25) is 0 Å². The zero-order valence-corrected chi connectivity index (χ0v) is 19.5. The minimum Gasteiger partial charge on any atom is -0.342 e. The van der Waals surface area contributed by atoms with E-state index in [4.69, 9.17) is 23.2 Å². The van der Waals surface area contributed by atoms with Gasteiger partial charge in [0.15, 0.2) is 5.13 Å². The number of hydrogen-bond acceptors (Lipinski definition) is 4. The fourth-order valence-electron chi connectivity index (χ4n) is 3.36. The normalized spacial score (nSPS) is 11.1. The van der Waals surface area contributed by atoms with Crippen LogP contribution in [0.5, 0.6) is 0 Å². The average Bonchev–Trinajstić information content (AvgIpc) is 3.22. The molecule has 0 saturated carbocycles. The van der Waals surface area contributed by atoms with Crippen molar-refractivity contribution in [3.05, 3.63) is 79.9 Å². The number of aromatic nitrogens is 2. The number of halogens is 2. The van der Waals surface area contributed by atoms with Crippen LogP contribution >= 0.6 is 34.5 Å². The highest BCUT2D eigenvalue weighted by molar-refractivity contribution is 7.15. The number of ketones is 1. The average molecular weight is 472 g/mol. The summed E-state index contributed by atoms with van der Waals surface area (Å²) in [6.45, 7) is 6.17. The fraction of sp³-hybridized carbons (Fsp3) is 0.174. The first-order valence-electron chi connectivity index (χ1n) is 9.56. The predicted molar refractivity (Wildman–Crippen MR) is 127 cm³/mol. The molecule has 5 nitrogen and oxygen atoms in total. The van der Waals surface area contributed by atoms with E-state index in [0.29, 0.717) is 27.3 Å². The molecule has 0 saturated heterocycles. The van der Waals surface area contributed by atoms with Crippen LogP contribution < -0.4 is 5.32 Å². The van der Waals surface area contributed by atoms with Crippen molar-refractivity contribution in [2.75, 3.05) is 5.32 Å². The highest BCUT2D eigenvalue weighted by atomic mass is 35.5. The summed E-state index contributed by atoms with van der Waals surface area (Å²) in [5, 5.41) is 4.87. The summed E-state index contributed by atoms with van der Waals surface area (Å²) in [4.78, 5) is 31.0. The smallest absolute Gasteiger partial charge is 0.298 e. The van der Waals surface area contributed by atoms with Crippen molar-refractivity contribution in [1.82, 2.24) is 9.55 Å². The minimum atomic E-state index is -0.709.